The van der Waals surface area contributed by atoms with Crippen LogP contribution in [0.5, 0.6) is 5.75 Å². The Kier molecular flexibility index (Phi) is 5.01. The van der Waals surface area contributed by atoms with E-state index >= 15 is 0 Å². The fourth-order valence-corrected chi connectivity index (χ4v) is 3.16. The minimum atomic E-state index is -3.34. The van der Waals surface area contributed by atoms with Crippen molar-refractivity contribution in [1.82, 2.24) is 5.32 Å². The number of hydrogen-bond donors (Lipinski definition) is 2. The molecule has 0 aromatic heterocycles. The molecule has 1 aromatic carbocycles. The zero-order chi connectivity index (χ0) is 14.6. The van der Waals surface area contributed by atoms with Crippen LogP contribution in [-0.4, -0.2) is 33.9 Å². The van der Waals surface area contributed by atoms with Gasteiger partial charge in [0, 0.05) is 6.04 Å². The van der Waals surface area contributed by atoms with E-state index in [0.29, 0.717) is 19.0 Å². The lowest BCUT2D eigenvalue weighted by Crippen LogP contribution is -2.36. The van der Waals surface area contributed by atoms with Crippen LogP contribution in [0.15, 0.2) is 18.2 Å². The predicted octanol–water partition coefficient (Wildman–Crippen LogP) is 0.821. The topological polar surface area (TPSA) is 81.4 Å². The van der Waals surface area contributed by atoms with E-state index in [-0.39, 0.29) is 5.75 Å². The van der Waals surface area contributed by atoms with Gasteiger partial charge in [0.25, 0.3) is 0 Å². The fraction of sp³-hybridized carbons (Fsp3) is 0.571. The van der Waals surface area contributed by atoms with Crippen LogP contribution in [0.4, 0.5) is 0 Å². The van der Waals surface area contributed by atoms with Crippen molar-refractivity contribution in [3.63, 3.8) is 0 Å². The highest BCUT2D eigenvalue weighted by Gasteiger charge is 2.18. The number of sulfonamides is 1. The summed E-state index contributed by atoms with van der Waals surface area (Å²) in [5.41, 5.74) is 2.70. The first-order chi connectivity index (χ1) is 9.48. The summed E-state index contributed by atoms with van der Waals surface area (Å²) >= 11 is 0. The molecule has 5 nitrogen and oxygen atoms in total. The number of benzene rings is 1. The molecule has 0 saturated carbocycles. The van der Waals surface area contributed by atoms with Crippen molar-refractivity contribution in [2.45, 2.75) is 31.7 Å². The number of ether oxygens (including phenoxy) is 1. The van der Waals surface area contributed by atoms with Crippen molar-refractivity contribution < 1.29 is 13.2 Å². The van der Waals surface area contributed by atoms with Gasteiger partial charge in [-0.3, -0.25) is 0 Å². The summed E-state index contributed by atoms with van der Waals surface area (Å²) in [6, 6.07) is 6.62. The first-order valence-electron chi connectivity index (χ1n) is 6.87. The Balaban J connectivity index is 1.84. The summed E-state index contributed by atoms with van der Waals surface area (Å²) < 4.78 is 27.0. The number of rotatable bonds is 6. The van der Waals surface area contributed by atoms with Gasteiger partial charge in [0.15, 0.2) is 0 Å². The Morgan fingerprint density at radius 1 is 1.40 bits per heavy atom. The molecule has 0 saturated heterocycles. The standard InChI is InChI=1S/C14H22N2O3S/c1-19-14-6-4-11-3-5-13(9-12(11)10-14)16-7-2-8-20(15,17)18/h4,6,10,13,16H,2-3,5,7-9H2,1H3,(H2,15,17,18). The van der Waals surface area contributed by atoms with Crippen LogP contribution in [0, 0.1) is 0 Å². The third kappa shape index (κ3) is 4.47. The SMILES string of the molecule is COc1ccc2c(c1)CC(NCCCS(N)(=O)=O)CC2. The molecule has 1 aliphatic carbocycles. The van der Waals surface area contributed by atoms with Gasteiger partial charge in [0.2, 0.25) is 10.0 Å². The monoisotopic (exact) mass is 298 g/mol. The van der Waals surface area contributed by atoms with Crippen LogP contribution in [0.2, 0.25) is 0 Å². The minimum Gasteiger partial charge on any atom is -0.497 e. The van der Waals surface area contributed by atoms with Gasteiger partial charge in [0.05, 0.1) is 12.9 Å². The molecule has 0 aliphatic heterocycles. The molecule has 6 heteroatoms. The van der Waals surface area contributed by atoms with E-state index in [0.717, 1.165) is 25.0 Å². The maximum atomic E-state index is 10.9. The van der Waals surface area contributed by atoms with E-state index in [1.807, 2.05) is 6.07 Å². The fourth-order valence-electron chi connectivity index (χ4n) is 2.61. The van der Waals surface area contributed by atoms with Crippen LogP contribution in [-0.2, 0) is 22.9 Å². The van der Waals surface area contributed by atoms with Crippen molar-refractivity contribution in [3.8, 4) is 5.75 Å². The summed E-state index contributed by atoms with van der Waals surface area (Å²) in [6.07, 6.45) is 3.64. The second-order valence-corrected chi connectivity index (χ2v) is 6.98. The number of aryl methyl sites for hydroxylation is 1. The van der Waals surface area contributed by atoms with Crippen molar-refractivity contribution >= 4 is 10.0 Å². The highest BCUT2D eigenvalue weighted by Crippen LogP contribution is 2.25. The normalized spacial score (nSPS) is 18.6. The first kappa shape index (κ1) is 15.3. The molecule has 0 spiro atoms. The van der Waals surface area contributed by atoms with Crippen LogP contribution in [0.3, 0.4) is 0 Å². The van der Waals surface area contributed by atoms with Crippen LogP contribution in [0.25, 0.3) is 0 Å². The smallest absolute Gasteiger partial charge is 0.209 e. The molecular formula is C14H22N2O3S. The molecule has 1 atom stereocenters. The van der Waals surface area contributed by atoms with E-state index < -0.39 is 10.0 Å². The Bertz CT molecular complexity index is 558. The molecule has 0 radical (unpaired) electrons. The zero-order valence-electron chi connectivity index (χ0n) is 11.8. The molecule has 0 heterocycles. The van der Waals surface area contributed by atoms with Gasteiger partial charge in [-0.05, 0) is 55.5 Å². The average molecular weight is 298 g/mol. The molecule has 1 aromatic rings. The number of methoxy groups -OCH3 is 1. The molecule has 1 aliphatic rings. The van der Waals surface area contributed by atoms with Gasteiger partial charge in [-0.15, -0.1) is 0 Å². The average Bonchev–Trinajstić information content (AvgIpc) is 2.41. The highest BCUT2D eigenvalue weighted by molar-refractivity contribution is 7.89. The van der Waals surface area contributed by atoms with E-state index in [1.165, 1.54) is 11.1 Å². The summed E-state index contributed by atoms with van der Waals surface area (Å²) in [5, 5.41) is 8.39. The molecule has 0 amide bonds. The molecule has 0 fully saturated rings. The van der Waals surface area contributed by atoms with Gasteiger partial charge < -0.3 is 10.1 Å². The van der Waals surface area contributed by atoms with Crippen LogP contribution in [0.1, 0.15) is 24.0 Å². The molecule has 3 N–H and O–H groups in total. The van der Waals surface area contributed by atoms with Gasteiger partial charge >= 0.3 is 0 Å². The van der Waals surface area contributed by atoms with Crippen LogP contribution < -0.4 is 15.2 Å². The number of nitrogens with one attached hydrogen (secondary N) is 1. The molecule has 0 bridgehead atoms. The lowest BCUT2D eigenvalue weighted by atomic mass is 9.88. The van der Waals surface area contributed by atoms with Gasteiger partial charge in [-0.1, -0.05) is 6.07 Å². The number of primary sulfonamides is 1. The highest BCUT2D eigenvalue weighted by atomic mass is 32.2. The first-order valence-corrected chi connectivity index (χ1v) is 8.59. The van der Waals surface area contributed by atoms with E-state index in [1.54, 1.807) is 7.11 Å². The Morgan fingerprint density at radius 2 is 2.20 bits per heavy atom. The van der Waals surface area contributed by atoms with Crippen molar-refractivity contribution in [2.24, 2.45) is 5.14 Å². The molecule has 1 unspecified atom stereocenters. The third-order valence-electron chi connectivity index (χ3n) is 3.68. The summed E-state index contributed by atoms with van der Waals surface area (Å²) in [4.78, 5) is 0. The van der Waals surface area contributed by atoms with E-state index in [9.17, 15) is 8.42 Å². The quantitative estimate of drug-likeness (QED) is 0.762. The number of nitrogens with two attached hydrogens (primary N) is 1. The van der Waals surface area contributed by atoms with Gasteiger partial charge in [0.1, 0.15) is 5.75 Å². The largest absolute Gasteiger partial charge is 0.497 e. The lowest BCUT2D eigenvalue weighted by Gasteiger charge is -2.26. The second-order valence-electron chi connectivity index (χ2n) is 5.25. The Hall–Kier alpha value is -1.11. The minimum absolute atomic E-state index is 0.0388. The molecule has 20 heavy (non-hydrogen) atoms. The maximum absolute atomic E-state index is 10.9. The molecular weight excluding hydrogens is 276 g/mol. The van der Waals surface area contributed by atoms with E-state index in [2.05, 4.69) is 17.4 Å². The lowest BCUT2D eigenvalue weighted by molar-refractivity contribution is 0.411. The number of fused-ring (bicyclic) bond motifs is 1. The van der Waals surface area contributed by atoms with Crippen molar-refractivity contribution in [3.05, 3.63) is 29.3 Å². The third-order valence-corrected chi connectivity index (χ3v) is 4.54. The summed E-state index contributed by atoms with van der Waals surface area (Å²) in [5.74, 6) is 0.926. The van der Waals surface area contributed by atoms with Gasteiger partial charge in [-0.25, -0.2) is 13.6 Å². The summed E-state index contributed by atoms with van der Waals surface area (Å²) in [7, 11) is -1.67. The maximum Gasteiger partial charge on any atom is 0.209 e. The van der Waals surface area contributed by atoms with Crippen LogP contribution >= 0.6 is 0 Å². The Labute approximate surface area is 120 Å². The zero-order valence-corrected chi connectivity index (χ0v) is 12.6. The van der Waals surface area contributed by atoms with Gasteiger partial charge in [-0.2, -0.15) is 0 Å². The predicted molar refractivity (Wildman–Crippen MR) is 79.4 cm³/mol. The molecule has 112 valence electrons. The second kappa shape index (κ2) is 6.56. The number of hydrogen-bond acceptors (Lipinski definition) is 4. The summed E-state index contributed by atoms with van der Waals surface area (Å²) in [6.45, 7) is 0.681. The Morgan fingerprint density at radius 3 is 2.90 bits per heavy atom. The molecule has 2 rings (SSSR count). The van der Waals surface area contributed by atoms with Crippen molar-refractivity contribution in [2.75, 3.05) is 19.4 Å². The van der Waals surface area contributed by atoms with Crippen molar-refractivity contribution in [1.29, 1.82) is 0 Å². The van der Waals surface area contributed by atoms with E-state index in [4.69, 9.17) is 9.88 Å².